The summed E-state index contributed by atoms with van der Waals surface area (Å²) >= 11 is 7.28. The van der Waals surface area contributed by atoms with Crippen LogP contribution in [0.1, 0.15) is 10.5 Å². The van der Waals surface area contributed by atoms with E-state index in [1.807, 2.05) is 0 Å². The highest BCUT2D eigenvalue weighted by Gasteiger charge is 2.31. The lowest BCUT2D eigenvalue weighted by molar-refractivity contribution is 0.0675. The molecule has 0 aliphatic carbocycles. The monoisotopic (exact) mass is 466 g/mol. The van der Waals surface area contributed by atoms with Crippen LogP contribution in [0.2, 0.25) is 5.02 Å². The molecule has 8 nitrogen and oxygen atoms in total. The van der Waals surface area contributed by atoms with Gasteiger partial charge in [0, 0.05) is 32.4 Å². The number of hydrogen-bond donors (Lipinski definition) is 0. The fraction of sp³-hybridized carbons (Fsp3) is 0.263. The van der Waals surface area contributed by atoms with Crippen molar-refractivity contribution < 1.29 is 17.9 Å². The fourth-order valence-electron chi connectivity index (χ4n) is 3.14. The van der Waals surface area contributed by atoms with E-state index in [9.17, 15) is 13.2 Å². The molecule has 1 aliphatic rings. The van der Waals surface area contributed by atoms with E-state index in [-0.39, 0.29) is 25.7 Å². The molecule has 0 saturated carbocycles. The highest BCUT2D eigenvalue weighted by Crippen LogP contribution is 2.24. The number of carbonyl (C=O) groups excluding carboxylic acids is 1. The second kappa shape index (κ2) is 8.76. The lowest BCUT2D eigenvalue weighted by Gasteiger charge is -2.33. The minimum Gasteiger partial charge on any atom is -0.470 e. The van der Waals surface area contributed by atoms with E-state index in [1.165, 1.54) is 26.5 Å². The molecule has 0 unspecified atom stereocenters. The van der Waals surface area contributed by atoms with Crippen molar-refractivity contribution in [2.75, 3.05) is 26.2 Å². The number of aromatic nitrogens is 2. The molecule has 0 bridgehead atoms. The summed E-state index contributed by atoms with van der Waals surface area (Å²) in [5.41, 5.74) is 0.372. The van der Waals surface area contributed by atoms with E-state index in [0.29, 0.717) is 33.8 Å². The summed E-state index contributed by atoms with van der Waals surface area (Å²) in [4.78, 5) is 14.6. The Morgan fingerprint density at radius 1 is 1.10 bits per heavy atom. The minimum absolute atomic E-state index is 0.0323. The van der Waals surface area contributed by atoms with Crippen LogP contribution in [-0.4, -0.2) is 59.5 Å². The van der Waals surface area contributed by atoms with Gasteiger partial charge in [0.15, 0.2) is 6.73 Å². The molecular weight excluding hydrogens is 448 g/mol. The average molecular weight is 467 g/mol. The predicted octanol–water partition coefficient (Wildman–Crippen LogP) is 2.78. The minimum atomic E-state index is -3.51. The molecule has 1 aromatic carbocycles. The number of rotatable bonds is 6. The first-order chi connectivity index (χ1) is 14.5. The second-order valence-corrected chi connectivity index (χ2v) is 10.1. The van der Waals surface area contributed by atoms with Crippen LogP contribution >= 0.6 is 22.9 Å². The van der Waals surface area contributed by atoms with E-state index in [1.54, 1.807) is 52.7 Å². The Morgan fingerprint density at radius 2 is 1.87 bits per heavy atom. The number of piperazine rings is 1. The summed E-state index contributed by atoms with van der Waals surface area (Å²) in [6, 6.07) is 12.0. The number of halogens is 1. The molecule has 0 atom stereocenters. The van der Waals surface area contributed by atoms with Gasteiger partial charge in [-0.3, -0.25) is 4.79 Å². The number of amides is 1. The van der Waals surface area contributed by atoms with Crippen LogP contribution in [0.4, 0.5) is 0 Å². The van der Waals surface area contributed by atoms with Gasteiger partial charge in [-0.1, -0.05) is 29.8 Å². The van der Waals surface area contributed by atoms with Crippen LogP contribution in [0, 0.1) is 0 Å². The molecule has 0 radical (unpaired) electrons. The normalized spacial score (nSPS) is 15.3. The molecule has 1 amide bonds. The molecule has 3 aromatic rings. The van der Waals surface area contributed by atoms with Crippen LogP contribution in [0.15, 0.2) is 58.3 Å². The smallest absolute Gasteiger partial charge is 0.272 e. The third kappa shape index (κ3) is 4.22. The quantitative estimate of drug-likeness (QED) is 0.557. The molecule has 1 saturated heterocycles. The first-order valence-electron chi connectivity index (χ1n) is 9.19. The highest BCUT2D eigenvalue weighted by molar-refractivity contribution is 7.91. The Labute approximate surface area is 183 Å². The zero-order valence-electron chi connectivity index (χ0n) is 15.8. The van der Waals surface area contributed by atoms with E-state index >= 15 is 0 Å². The maximum Gasteiger partial charge on any atom is 0.272 e. The molecule has 0 N–H and O–H groups in total. The Bertz CT molecular complexity index is 1120. The largest absolute Gasteiger partial charge is 0.470 e. The van der Waals surface area contributed by atoms with Gasteiger partial charge in [-0.15, -0.1) is 11.3 Å². The van der Waals surface area contributed by atoms with Crippen molar-refractivity contribution in [3.8, 4) is 5.75 Å². The molecule has 158 valence electrons. The van der Waals surface area contributed by atoms with Crippen molar-refractivity contribution in [3.63, 3.8) is 0 Å². The van der Waals surface area contributed by atoms with Gasteiger partial charge in [-0.2, -0.15) is 9.40 Å². The van der Waals surface area contributed by atoms with Crippen LogP contribution in [0.3, 0.4) is 0 Å². The molecule has 4 rings (SSSR count). The Hall–Kier alpha value is -2.40. The zero-order valence-corrected chi connectivity index (χ0v) is 18.2. The summed E-state index contributed by atoms with van der Waals surface area (Å²) in [5, 5.41) is 6.37. The van der Waals surface area contributed by atoms with Crippen molar-refractivity contribution in [1.82, 2.24) is 19.0 Å². The van der Waals surface area contributed by atoms with Crippen molar-refractivity contribution in [2.24, 2.45) is 0 Å². The summed E-state index contributed by atoms with van der Waals surface area (Å²) < 4.78 is 34.2. The number of thiophene rings is 1. The van der Waals surface area contributed by atoms with Gasteiger partial charge in [0.25, 0.3) is 15.9 Å². The van der Waals surface area contributed by atoms with Gasteiger partial charge in [-0.25, -0.2) is 13.1 Å². The van der Waals surface area contributed by atoms with Crippen molar-refractivity contribution in [3.05, 3.63) is 64.8 Å². The van der Waals surface area contributed by atoms with Gasteiger partial charge in [0.05, 0.1) is 5.02 Å². The standard InChI is InChI=1S/C19H19ClN4O4S2/c20-15-4-1-2-5-17(15)28-14-24-16(7-8-21-24)19(25)22-9-11-23(12-10-22)30(26,27)18-6-3-13-29-18/h1-8,13H,9-12,14H2. The van der Waals surface area contributed by atoms with Crippen molar-refractivity contribution in [2.45, 2.75) is 10.9 Å². The summed E-state index contributed by atoms with van der Waals surface area (Å²) in [7, 11) is -3.51. The fourth-order valence-corrected chi connectivity index (χ4v) is 5.90. The number of para-hydroxylation sites is 1. The summed E-state index contributed by atoms with van der Waals surface area (Å²) in [6.07, 6.45) is 1.53. The van der Waals surface area contributed by atoms with Gasteiger partial charge in [0.1, 0.15) is 15.7 Å². The lowest BCUT2D eigenvalue weighted by atomic mass is 10.3. The van der Waals surface area contributed by atoms with E-state index in [4.69, 9.17) is 16.3 Å². The maximum absolute atomic E-state index is 13.0. The number of sulfonamides is 1. The average Bonchev–Trinajstić information content (AvgIpc) is 3.45. The van der Waals surface area contributed by atoms with E-state index in [2.05, 4.69) is 5.10 Å². The first-order valence-corrected chi connectivity index (χ1v) is 11.9. The predicted molar refractivity (Wildman–Crippen MR) is 113 cm³/mol. The Kier molecular flexibility index (Phi) is 6.09. The SMILES string of the molecule is O=C(c1ccnn1COc1ccccc1Cl)N1CCN(S(=O)(=O)c2cccs2)CC1. The molecule has 0 spiro atoms. The number of carbonyl (C=O) groups is 1. The number of ether oxygens (including phenoxy) is 1. The number of nitrogens with zero attached hydrogens (tertiary/aromatic N) is 4. The third-order valence-electron chi connectivity index (χ3n) is 4.73. The third-order valence-corrected chi connectivity index (χ3v) is 8.31. The van der Waals surface area contributed by atoms with Gasteiger partial charge in [0.2, 0.25) is 0 Å². The molecule has 2 aromatic heterocycles. The van der Waals surface area contributed by atoms with Crippen molar-refractivity contribution >= 4 is 38.9 Å². The van der Waals surface area contributed by atoms with Gasteiger partial charge in [-0.05, 0) is 29.6 Å². The maximum atomic E-state index is 13.0. The highest BCUT2D eigenvalue weighted by atomic mass is 35.5. The van der Waals surface area contributed by atoms with E-state index < -0.39 is 10.0 Å². The molecule has 1 fully saturated rings. The molecule has 11 heteroatoms. The molecule has 1 aliphatic heterocycles. The van der Waals surface area contributed by atoms with E-state index in [0.717, 1.165) is 0 Å². The van der Waals surface area contributed by atoms with Crippen LogP contribution in [-0.2, 0) is 16.8 Å². The second-order valence-electron chi connectivity index (χ2n) is 6.55. The van der Waals surface area contributed by atoms with Crippen LogP contribution in [0.25, 0.3) is 0 Å². The summed E-state index contributed by atoms with van der Waals surface area (Å²) in [6.45, 7) is 1.14. The van der Waals surface area contributed by atoms with Crippen LogP contribution in [0.5, 0.6) is 5.75 Å². The van der Waals surface area contributed by atoms with Gasteiger partial charge < -0.3 is 9.64 Å². The number of hydrogen-bond acceptors (Lipinski definition) is 6. The Balaban J connectivity index is 1.39. The Morgan fingerprint density at radius 3 is 2.57 bits per heavy atom. The van der Waals surface area contributed by atoms with Crippen LogP contribution < -0.4 is 4.74 Å². The first kappa shape index (κ1) is 20.9. The summed E-state index contributed by atoms with van der Waals surface area (Å²) in [5.74, 6) is 0.281. The topological polar surface area (TPSA) is 84.7 Å². The molecule has 3 heterocycles. The zero-order chi connectivity index (χ0) is 21.1. The van der Waals surface area contributed by atoms with Gasteiger partial charge >= 0.3 is 0 Å². The number of benzene rings is 1. The lowest BCUT2D eigenvalue weighted by Crippen LogP contribution is -2.50. The molecule has 30 heavy (non-hydrogen) atoms. The molecular formula is C19H19ClN4O4S2. The van der Waals surface area contributed by atoms with Crippen molar-refractivity contribution in [1.29, 1.82) is 0 Å².